The summed E-state index contributed by atoms with van der Waals surface area (Å²) >= 11 is 5.96. The number of nitrogens with one attached hydrogen (secondary N) is 1. The summed E-state index contributed by atoms with van der Waals surface area (Å²) in [5, 5.41) is 14.0. The second-order valence-electron chi connectivity index (χ2n) is 12.3. The maximum Gasteiger partial charge on any atom is 0.321 e. The van der Waals surface area contributed by atoms with Crippen LogP contribution in [0.2, 0.25) is 5.02 Å². The Morgan fingerprint density at radius 3 is 2.30 bits per heavy atom. The summed E-state index contributed by atoms with van der Waals surface area (Å²) in [4.78, 5) is 30.0. The highest BCUT2D eigenvalue weighted by Crippen LogP contribution is 2.38. The predicted molar refractivity (Wildman–Crippen MR) is 159 cm³/mol. The van der Waals surface area contributed by atoms with Crippen LogP contribution < -0.4 is 5.32 Å². The van der Waals surface area contributed by atoms with Crippen molar-refractivity contribution in [3.63, 3.8) is 0 Å². The standard InChI is InChI=1S/C33H44ClN3O3/c34-29-13-11-25(12-14-29)20-35-31(38)19-24-15-17-36(18-16-24)21-28-22-37(23-30(28)26-7-3-1-4-8-26)32(33(39)40)27-9-5-2-6-10-27/h1,3-4,7-8,11-14,24,27-28,30,32H,2,5-6,9-10,15-23H2,(H,35,38)(H,39,40)/t28-,30+,32+/m0/s1. The van der Waals surface area contributed by atoms with Gasteiger partial charge in [-0.25, -0.2) is 0 Å². The minimum Gasteiger partial charge on any atom is -0.480 e. The molecule has 1 aliphatic carbocycles. The van der Waals surface area contributed by atoms with Crippen molar-refractivity contribution in [1.29, 1.82) is 0 Å². The van der Waals surface area contributed by atoms with E-state index in [0.717, 1.165) is 76.8 Å². The van der Waals surface area contributed by atoms with Gasteiger partial charge in [0.15, 0.2) is 0 Å². The first-order chi connectivity index (χ1) is 19.5. The molecule has 216 valence electrons. The van der Waals surface area contributed by atoms with Crippen molar-refractivity contribution in [2.45, 2.75) is 69.9 Å². The molecule has 0 spiro atoms. The highest BCUT2D eigenvalue weighted by molar-refractivity contribution is 6.30. The van der Waals surface area contributed by atoms with Gasteiger partial charge in [0.1, 0.15) is 6.04 Å². The first kappa shape index (κ1) is 29.1. The Morgan fingerprint density at radius 1 is 0.925 bits per heavy atom. The third-order valence-corrected chi connectivity index (χ3v) is 9.77. The van der Waals surface area contributed by atoms with Crippen LogP contribution in [-0.2, 0) is 16.1 Å². The Hall–Kier alpha value is -2.41. The van der Waals surface area contributed by atoms with Crippen LogP contribution in [0.1, 0.15) is 68.4 Å². The van der Waals surface area contributed by atoms with Crippen LogP contribution >= 0.6 is 11.6 Å². The summed E-state index contributed by atoms with van der Waals surface area (Å²) in [5.41, 5.74) is 2.38. The first-order valence-corrected chi connectivity index (χ1v) is 15.6. The Kier molecular flexibility index (Phi) is 10.2. The van der Waals surface area contributed by atoms with E-state index in [9.17, 15) is 14.7 Å². The van der Waals surface area contributed by atoms with Gasteiger partial charge in [0.2, 0.25) is 5.91 Å². The fourth-order valence-electron chi connectivity index (χ4n) is 7.34. The van der Waals surface area contributed by atoms with Crippen LogP contribution in [0, 0.1) is 17.8 Å². The smallest absolute Gasteiger partial charge is 0.321 e. The topological polar surface area (TPSA) is 72.9 Å². The van der Waals surface area contributed by atoms with Gasteiger partial charge in [-0.3, -0.25) is 14.5 Å². The zero-order chi connectivity index (χ0) is 27.9. The van der Waals surface area contributed by atoms with E-state index in [4.69, 9.17) is 11.6 Å². The van der Waals surface area contributed by atoms with Crippen molar-refractivity contribution >= 4 is 23.5 Å². The molecule has 2 aromatic carbocycles. The number of halogens is 1. The molecule has 2 saturated heterocycles. The number of carbonyl (C=O) groups excluding carboxylic acids is 1. The minimum atomic E-state index is -0.644. The van der Waals surface area contributed by atoms with E-state index in [0.29, 0.717) is 35.7 Å². The molecule has 0 radical (unpaired) electrons. The summed E-state index contributed by atoms with van der Waals surface area (Å²) in [6, 6.07) is 17.9. The number of hydrogen-bond acceptors (Lipinski definition) is 4. The lowest BCUT2D eigenvalue weighted by Gasteiger charge is -2.35. The van der Waals surface area contributed by atoms with Gasteiger partial charge in [0.25, 0.3) is 0 Å². The molecule has 2 aliphatic heterocycles. The molecular weight excluding hydrogens is 522 g/mol. The van der Waals surface area contributed by atoms with E-state index >= 15 is 0 Å². The number of carbonyl (C=O) groups is 2. The third kappa shape index (κ3) is 7.65. The molecule has 40 heavy (non-hydrogen) atoms. The molecule has 3 aliphatic rings. The summed E-state index contributed by atoms with van der Waals surface area (Å²) in [7, 11) is 0. The van der Waals surface area contributed by atoms with Crippen LogP contribution in [-0.4, -0.2) is 65.5 Å². The van der Waals surface area contributed by atoms with Gasteiger partial charge in [-0.15, -0.1) is 0 Å². The molecule has 5 rings (SSSR count). The maximum absolute atomic E-state index is 12.6. The predicted octanol–water partition coefficient (Wildman–Crippen LogP) is 5.81. The fourth-order valence-corrected chi connectivity index (χ4v) is 7.47. The normalized spacial score (nSPS) is 24.1. The number of rotatable bonds is 10. The molecule has 1 amide bonds. The van der Waals surface area contributed by atoms with Gasteiger partial charge in [0.05, 0.1) is 0 Å². The van der Waals surface area contributed by atoms with Crippen LogP contribution in [0.4, 0.5) is 0 Å². The van der Waals surface area contributed by atoms with E-state index in [1.54, 1.807) is 0 Å². The number of benzene rings is 2. The zero-order valence-corrected chi connectivity index (χ0v) is 24.3. The van der Waals surface area contributed by atoms with Crippen LogP contribution in [0.3, 0.4) is 0 Å². The molecule has 1 saturated carbocycles. The second-order valence-corrected chi connectivity index (χ2v) is 12.7. The molecule has 0 unspecified atom stereocenters. The highest BCUT2D eigenvalue weighted by Gasteiger charge is 2.43. The largest absolute Gasteiger partial charge is 0.480 e. The molecule has 0 bridgehead atoms. The zero-order valence-electron chi connectivity index (χ0n) is 23.5. The molecule has 7 heteroatoms. The van der Waals surface area contributed by atoms with Crippen molar-refractivity contribution in [2.75, 3.05) is 32.7 Å². The molecule has 3 atom stereocenters. The fraction of sp³-hybridized carbons (Fsp3) is 0.576. The van der Waals surface area contributed by atoms with Crippen LogP contribution in [0.5, 0.6) is 0 Å². The van der Waals surface area contributed by atoms with E-state index in [1.165, 1.54) is 12.0 Å². The molecule has 0 aromatic heterocycles. The number of nitrogens with zero attached hydrogens (tertiary/aromatic N) is 2. The van der Waals surface area contributed by atoms with E-state index in [2.05, 4.69) is 45.4 Å². The lowest BCUT2D eigenvalue weighted by atomic mass is 9.83. The van der Waals surface area contributed by atoms with E-state index in [-0.39, 0.29) is 17.9 Å². The Morgan fingerprint density at radius 2 is 1.62 bits per heavy atom. The number of piperidine rings is 1. The lowest BCUT2D eigenvalue weighted by molar-refractivity contribution is -0.145. The van der Waals surface area contributed by atoms with Gasteiger partial charge in [-0.05, 0) is 79.8 Å². The van der Waals surface area contributed by atoms with Crippen molar-refractivity contribution < 1.29 is 14.7 Å². The van der Waals surface area contributed by atoms with E-state index < -0.39 is 5.97 Å². The molecule has 2 heterocycles. The lowest BCUT2D eigenvalue weighted by Crippen LogP contribution is -2.46. The average molecular weight is 566 g/mol. The molecule has 2 aromatic rings. The summed E-state index contributed by atoms with van der Waals surface area (Å²) in [6.07, 6.45) is 8.25. The number of carboxylic acid groups (broad SMARTS) is 1. The number of amides is 1. The van der Waals surface area contributed by atoms with Crippen molar-refractivity contribution in [2.24, 2.45) is 17.8 Å². The van der Waals surface area contributed by atoms with Gasteiger partial charge >= 0.3 is 5.97 Å². The Labute approximate surface area is 244 Å². The quantitative estimate of drug-likeness (QED) is 0.380. The molecule has 3 fully saturated rings. The third-order valence-electron chi connectivity index (χ3n) is 9.52. The van der Waals surface area contributed by atoms with Gasteiger partial charge in [-0.1, -0.05) is 73.3 Å². The molecule has 6 nitrogen and oxygen atoms in total. The summed E-state index contributed by atoms with van der Waals surface area (Å²) in [6.45, 7) is 5.19. The van der Waals surface area contributed by atoms with Crippen LogP contribution in [0.15, 0.2) is 54.6 Å². The summed E-state index contributed by atoms with van der Waals surface area (Å²) in [5.74, 6) is 0.910. The number of hydrogen-bond donors (Lipinski definition) is 2. The SMILES string of the molecule is O=C(CC1CCN(C[C@H]2CN([C@@H](C(=O)O)C3CCCCC3)C[C@@H]2c2ccccc2)CC1)NCc1ccc(Cl)cc1. The van der Waals surface area contributed by atoms with Crippen LogP contribution in [0.25, 0.3) is 0 Å². The number of likely N-dealkylation sites (tertiary alicyclic amines) is 2. The van der Waals surface area contributed by atoms with Crippen molar-refractivity contribution in [3.8, 4) is 0 Å². The molecule has 2 N–H and O–H groups in total. The summed E-state index contributed by atoms with van der Waals surface area (Å²) < 4.78 is 0. The monoisotopic (exact) mass is 565 g/mol. The van der Waals surface area contributed by atoms with Gasteiger partial charge in [0, 0.05) is 43.5 Å². The van der Waals surface area contributed by atoms with E-state index in [1.807, 2.05) is 24.3 Å². The average Bonchev–Trinajstić information content (AvgIpc) is 3.37. The number of aliphatic carboxylic acids is 1. The van der Waals surface area contributed by atoms with Gasteiger partial charge in [-0.2, -0.15) is 0 Å². The highest BCUT2D eigenvalue weighted by atomic mass is 35.5. The van der Waals surface area contributed by atoms with Gasteiger partial charge < -0.3 is 15.3 Å². The first-order valence-electron chi connectivity index (χ1n) is 15.2. The molecular formula is C33H44ClN3O3. The van der Waals surface area contributed by atoms with Crippen molar-refractivity contribution in [3.05, 3.63) is 70.7 Å². The Bertz CT molecular complexity index is 1100. The number of carboxylic acids is 1. The maximum atomic E-state index is 12.6. The Balaban J connectivity index is 1.15. The minimum absolute atomic E-state index is 0.117. The second kappa shape index (κ2) is 14.0. The van der Waals surface area contributed by atoms with Crippen molar-refractivity contribution in [1.82, 2.24) is 15.1 Å².